The molecule has 0 saturated carbocycles. The molecule has 4 rings (SSSR count). The van der Waals surface area contributed by atoms with Crippen LogP contribution in [0.2, 0.25) is 0 Å². The number of nitrogens with zero attached hydrogens (tertiary/aromatic N) is 4. The largest absolute Gasteiger partial charge is 0.493 e. The Kier molecular flexibility index (Phi) is 7.66. The third-order valence-corrected chi connectivity index (χ3v) is 6.51. The van der Waals surface area contributed by atoms with Crippen molar-refractivity contribution in [2.75, 3.05) is 7.11 Å². The van der Waals surface area contributed by atoms with Gasteiger partial charge in [-0.2, -0.15) is 0 Å². The molecule has 0 radical (unpaired) electrons. The van der Waals surface area contributed by atoms with Gasteiger partial charge in [-0.05, 0) is 69.0 Å². The maximum absolute atomic E-state index is 10.8. The Morgan fingerprint density at radius 2 is 1.67 bits per heavy atom. The molecule has 1 aromatic heterocycles. The van der Waals surface area contributed by atoms with E-state index in [1.807, 2.05) is 6.07 Å². The summed E-state index contributed by atoms with van der Waals surface area (Å²) in [5.41, 5.74) is 2.38. The normalized spacial score (nSPS) is 10.9. The standard InChI is InChI=1S/C24H17BrN4O6S/c1-34-21-11-16(10-20(25)23(21)35-14-15-2-6-18(7-3-15)28(30)31)12-26-24-27-13-22(36-24)17-4-8-19(9-5-17)29(32)33/h2-13H,14H2,1H3/b26-12+. The molecule has 0 atom stereocenters. The summed E-state index contributed by atoms with van der Waals surface area (Å²) >= 11 is 4.86. The Morgan fingerprint density at radius 1 is 1.03 bits per heavy atom. The van der Waals surface area contributed by atoms with Crippen LogP contribution >= 0.6 is 27.3 Å². The first-order valence-electron chi connectivity index (χ1n) is 10.3. The average Bonchev–Trinajstić information content (AvgIpc) is 3.36. The van der Waals surface area contributed by atoms with Gasteiger partial charge < -0.3 is 9.47 Å². The first-order valence-corrected chi connectivity index (χ1v) is 11.9. The number of nitro benzene ring substituents is 2. The summed E-state index contributed by atoms with van der Waals surface area (Å²) in [6.45, 7) is 0.199. The second-order valence-corrected chi connectivity index (χ2v) is 9.18. The topological polar surface area (TPSA) is 130 Å². The molecule has 0 aliphatic rings. The number of benzene rings is 3. The van der Waals surface area contributed by atoms with Crippen LogP contribution in [0.4, 0.5) is 16.5 Å². The van der Waals surface area contributed by atoms with E-state index in [2.05, 4.69) is 25.9 Å². The molecular formula is C24H17BrN4O6S. The number of thiazole rings is 1. The molecule has 3 aromatic carbocycles. The molecule has 36 heavy (non-hydrogen) atoms. The number of aromatic nitrogens is 1. The summed E-state index contributed by atoms with van der Waals surface area (Å²) in [4.78, 5) is 30.3. The van der Waals surface area contributed by atoms with Crippen LogP contribution in [0.1, 0.15) is 11.1 Å². The summed E-state index contributed by atoms with van der Waals surface area (Å²) in [7, 11) is 1.53. The van der Waals surface area contributed by atoms with Crippen molar-refractivity contribution in [3.05, 3.63) is 103 Å². The first kappa shape index (κ1) is 24.9. The molecule has 0 saturated heterocycles. The fourth-order valence-electron chi connectivity index (χ4n) is 3.16. The first-order chi connectivity index (χ1) is 17.3. The fraction of sp³-hybridized carbons (Fsp3) is 0.0833. The Balaban J connectivity index is 1.46. The highest BCUT2D eigenvalue weighted by molar-refractivity contribution is 9.10. The third kappa shape index (κ3) is 5.90. The van der Waals surface area contributed by atoms with Crippen LogP contribution in [-0.2, 0) is 6.61 Å². The number of rotatable bonds is 9. The van der Waals surface area contributed by atoms with Crippen LogP contribution in [0.25, 0.3) is 10.4 Å². The summed E-state index contributed by atoms with van der Waals surface area (Å²) in [6.07, 6.45) is 3.32. The van der Waals surface area contributed by atoms with Gasteiger partial charge in [0.1, 0.15) is 6.61 Å². The van der Waals surface area contributed by atoms with Crippen molar-refractivity contribution in [3.8, 4) is 21.9 Å². The van der Waals surface area contributed by atoms with E-state index in [0.29, 0.717) is 21.1 Å². The molecule has 0 aliphatic carbocycles. The Bertz CT molecular complexity index is 1440. The minimum atomic E-state index is -0.452. The molecule has 0 unspecified atom stereocenters. The van der Waals surface area contributed by atoms with Gasteiger partial charge in [0, 0.05) is 36.7 Å². The number of ether oxygens (including phenoxy) is 2. The van der Waals surface area contributed by atoms with Crippen molar-refractivity contribution in [1.82, 2.24) is 4.98 Å². The van der Waals surface area contributed by atoms with E-state index < -0.39 is 9.85 Å². The van der Waals surface area contributed by atoms with Gasteiger partial charge in [0.15, 0.2) is 11.5 Å². The Labute approximate surface area is 217 Å². The van der Waals surface area contributed by atoms with Gasteiger partial charge >= 0.3 is 0 Å². The van der Waals surface area contributed by atoms with E-state index in [-0.39, 0.29) is 18.0 Å². The zero-order valence-electron chi connectivity index (χ0n) is 18.7. The molecule has 4 aromatic rings. The van der Waals surface area contributed by atoms with Crippen LogP contribution in [0.15, 0.2) is 76.3 Å². The number of methoxy groups -OCH3 is 1. The van der Waals surface area contributed by atoms with E-state index in [1.54, 1.807) is 42.7 Å². The SMILES string of the molecule is COc1cc(/C=N/c2ncc(-c3ccc([N+](=O)[O-])cc3)s2)cc(Br)c1OCc1ccc([N+](=O)[O-])cc1. The highest BCUT2D eigenvalue weighted by Gasteiger charge is 2.13. The van der Waals surface area contributed by atoms with Crippen molar-refractivity contribution in [2.45, 2.75) is 6.61 Å². The zero-order valence-corrected chi connectivity index (χ0v) is 21.1. The highest BCUT2D eigenvalue weighted by Crippen LogP contribution is 2.37. The molecule has 0 N–H and O–H groups in total. The van der Waals surface area contributed by atoms with Crippen LogP contribution in [0.5, 0.6) is 11.5 Å². The minimum Gasteiger partial charge on any atom is -0.493 e. The van der Waals surface area contributed by atoms with Crippen molar-refractivity contribution >= 4 is 50.0 Å². The minimum absolute atomic E-state index is 0.0150. The second-order valence-electron chi connectivity index (χ2n) is 7.32. The van der Waals surface area contributed by atoms with Gasteiger partial charge in [-0.1, -0.05) is 11.3 Å². The zero-order chi connectivity index (χ0) is 25.7. The van der Waals surface area contributed by atoms with Crippen LogP contribution in [0.3, 0.4) is 0 Å². The molecule has 0 bridgehead atoms. The second kappa shape index (κ2) is 11.1. The van der Waals surface area contributed by atoms with Gasteiger partial charge in [0.2, 0.25) is 5.13 Å². The summed E-state index contributed by atoms with van der Waals surface area (Å²) in [6, 6.07) is 16.0. The molecule has 1 heterocycles. The average molecular weight is 569 g/mol. The molecule has 182 valence electrons. The van der Waals surface area contributed by atoms with Crippen LogP contribution in [0, 0.1) is 20.2 Å². The van der Waals surface area contributed by atoms with Gasteiger partial charge in [-0.25, -0.2) is 9.98 Å². The lowest BCUT2D eigenvalue weighted by atomic mass is 10.2. The smallest absolute Gasteiger partial charge is 0.269 e. The number of aliphatic imine (C=N–C) groups is 1. The lowest BCUT2D eigenvalue weighted by Crippen LogP contribution is -2.00. The van der Waals surface area contributed by atoms with E-state index in [4.69, 9.17) is 9.47 Å². The maximum atomic E-state index is 10.8. The molecular weight excluding hydrogens is 552 g/mol. The number of non-ortho nitro benzene ring substituents is 2. The molecule has 0 spiro atoms. The van der Waals surface area contributed by atoms with Crippen LogP contribution in [-0.4, -0.2) is 28.2 Å². The molecule has 0 aliphatic heterocycles. The molecule has 10 nitrogen and oxygen atoms in total. The lowest BCUT2D eigenvalue weighted by Gasteiger charge is -2.13. The van der Waals surface area contributed by atoms with E-state index >= 15 is 0 Å². The Morgan fingerprint density at radius 3 is 2.28 bits per heavy atom. The van der Waals surface area contributed by atoms with Gasteiger partial charge in [0.25, 0.3) is 11.4 Å². The molecule has 0 fully saturated rings. The molecule has 0 amide bonds. The van der Waals surface area contributed by atoms with Crippen molar-refractivity contribution in [2.24, 2.45) is 4.99 Å². The van der Waals surface area contributed by atoms with Crippen LogP contribution < -0.4 is 9.47 Å². The number of halogens is 1. The fourth-order valence-corrected chi connectivity index (χ4v) is 4.50. The predicted octanol–water partition coefficient (Wildman–Crippen LogP) is 6.73. The highest BCUT2D eigenvalue weighted by atomic mass is 79.9. The van der Waals surface area contributed by atoms with E-state index in [9.17, 15) is 20.2 Å². The quantitative estimate of drug-likeness (QED) is 0.124. The van der Waals surface area contributed by atoms with Gasteiger partial charge in [0.05, 0.1) is 26.3 Å². The predicted molar refractivity (Wildman–Crippen MR) is 140 cm³/mol. The number of hydrogen-bond donors (Lipinski definition) is 0. The lowest BCUT2D eigenvalue weighted by molar-refractivity contribution is -0.385. The van der Waals surface area contributed by atoms with Gasteiger partial charge in [-0.15, -0.1) is 0 Å². The Hall–Kier alpha value is -4.16. The van der Waals surface area contributed by atoms with E-state index in [1.165, 1.54) is 42.7 Å². The van der Waals surface area contributed by atoms with Crippen molar-refractivity contribution in [3.63, 3.8) is 0 Å². The maximum Gasteiger partial charge on any atom is 0.269 e. The number of hydrogen-bond acceptors (Lipinski definition) is 9. The van der Waals surface area contributed by atoms with E-state index in [0.717, 1.165) is 21.6 Å². The van der Waals surface area contributed by atoms with Crippen molar-refractivity contribution in [1.29, 1.82) is 0 Å². The summed E-state index contributed by atoms with van der Waals surface area (Å²) in [5.74, 6) is 0.973. The summed E-state index contributed by atoms with van der Waals surface area (Å²) in [5, 5.41) is 22.2. The summed E-state index contributed by atoms with van der Waals surface area (Å²) < 4.78 is 12.0. The third-order valence-electron chi connectivity index (χ3n) is 4.96. The van der Waals surface area contributed by atoms with Crippen molar-refractivity contribution < 1.29 is 19.3 Å². The number of nitro groups is 2. The molecule has 12 heteroatoms. The monoisotopic (exact) mass is 568 g/mol. The van der Waals surface area contributed by atoms with Gasteiger partial charge in [-0.3, -0.25) is 20.2 Å².